The van der Waals surface area contributed by atoms with Gasteiger partial charge in [0.25, 0.3) is 0 Å². The van der Waals surface area contributed by atoms with Crippen LogP contribution in [0.25, 0.3) is 98.1 Å². The smallest absolute Gasteiger partial charge is 0.143 e. The molecule has 1 heterocycles. The molecule has 45 heavy (non-hydrogen) atoms. The molecule has 1 heteroatoms. The third kappa shape index (κ3) is 3.50. The highest BCUT2D eigenvalue weighted by Crippen LogP contribution is 2.47. The van der Waals surface area contributed by atoms with Gasteiger partial charge >= 0.3 is 0 Å². The van der Waals surface area contributed by atoms with Gasteiger partial charge in [0.05, 0.1) is 11.0 Å². The van der Waals surface area contributed by atoms with E-state index in [1.807, 2.05) is 103 Å². The van der Waals surface area contributed by atoms with Crippen molar-refractivity contribution in [2.75, 3.05) is 0 Å². The van der Waals surface area contributed by atoms with E-state index < -0.39 is 24.2 Å². The first-order valence-electron chi connectivity index (χ1n) is 18.9. The number of hydrogen-bond donors (Lipinski definition) is 0. The number of furan rings is 1. The van der Waals surface area contributed by atoms with Crippen LogP contribution in [0.1, 0.15) is 11.0 Å². The third-order valence-electron chi connectivity index (χ3n) is 9.07. The molecule has 208 valence electrons. The molecule has 0 saturated heterocycles. The topological polar surface area (TPSA) is 13.1 Å². The summed E-state index contributed by atoms with van der Waals surface area (Å²) in [4.78, 5) is 0. The van der Waals surface area contributed by atoms with Gasteiger partial charge in [-0.05, 0) is 88.9 Å². The van der Waals surface area contributed by atoms with Crippen LogP contribution in [0.3, 0.4) is 0 Å². The molecule has 1 nitrogen and oxygen atoms in total. The van der Waals surface area contributed by atoms with Gasteiger partial charge in [-0.3, -0.25) is 0 Å². The minimum Gasteiger partial charge on any atom is -0.455 e. The summed E-state index contributed by atoms with van der Waals surface area (Å²) in [6.07, 6.45) is 0. The summed E-state index contributed by atoms with van der Waals surface area (Å²) in [5.74, 6) is 0. The Morgan fingerprint density at radius 3 is 1.73 bits per heavy atom. The van der Waals surface area contributed by atoms with Crippen LogP contribution in [0, 0.1) is 0 Å². The van der Waals surface area contributed by atoms with E-state index in [9.17, 15) is 5.48 Å². The predicted octanol–water partition coefficient (Wildman–Crippen LogP) is 12.7. The van der Waals surface area contributed by atoms with Gasteiger partial charge < -0.3 is 4.42 Å². The van der Waals surface area contributed by atoms with Gasteiger partial charge in [0.2, 0.25) is 0 Å². The number of benzene rings is 9. The molecule has 0 spiro atoms. The van der Waals surface area contributed by atoms with Gasteiger partial charge in [-0.25, -0.2) is 0 Å². The molecular weight excluding hydrogens is 544 g/mol. The molecule has 0 atom stereocenters. The van der Waals surface area contributed by atoms with Crippen LogP contribution in [0.2, 0.25) is 0 Å². The van der Waals surface area contributed by atoms with Crippen molar-refractivity contribution < 1.29 is 15.4 Å². The lowest BCUT2D eigenvalue weighted by Crippen LogP contribution is -1.91. The molecule has 0 amide bonds. The summed E-state index contributed by atoms with van der Waals surface area (Å²) in [5.41, 5.74) is 2.93. The molecule has 10 aromatic rings. The Balaban J connectivity index is 1.47. The summed E-state index contributed by atoms with van der Waals surface area (Å²) in [5, 5.41) is 7.96. The van der Waals surface area contributed by atoms with Crippen molar-refractivity contribution >= 4 is 75.8 Å². The van der Waals surface area contributed by atoms with E-state index in [1.54, 1.807) is 6.07 Å². The fourth-order valence-corrected chi connectivity index (χ4v) is 7.10. The van der Waals surface area contributed by atoms with E-state index >= 15 is 0 Å². The van der Waals surface area contributed by atoms with Crippen LogP contribution >= 0.6 is 0 Å². The molecule has 0 bridgehead atoms. The molecular formula is C44H26O. The summed E-state index contributed by atoms with van der Waals surface area (Å²) >= 11 is 0. The van der Waals surface area contributed by atoms with Crippen LogP contribution < -0.4 is 0 Å². The maximum Gasteiger partial charge on any atom is 0.143 e. The predicted molar refractivity (Wildman–Crippen MR) is 192 cm³/mol. The van der Waals surface area contributed by atoms with E-state index in [2.05, 4.69) is 0 Å². The van der Waals surface area contributed by atoms with Gasteiger partial charge in [-0.1, -0.05) is 139 Å². The molecule has 0 radical (unpaired) electrons. The summed E-state index contributed by atoms with van der Waals surface area (Å²) < 4.78 is 79.7. The number of rotatable bonds is 2. The second-order valence-corrected chi connectivity index (χ2v) is 11.4. The molecule has 9 aromatic carbocycles. The van der Waals surface area contributed by atoms with Crippen molar-refractivity contribution in [1.29, 1.82) is 0 Å². The first-order valence-corrected chi connectivity index (χ1v) is 14.9. The van der Waals surface area contributed by atoms with Crippen molar-refractivity contribution in [3.05, 3.63) is 158 Å². The SMILES string of the molecule is [2H]c1c([2H])c([2H])c2c(-c3cccc4oc5c6ccccc6ccc5c34)c3c([2H])c([2H])c([2H])c([2H])c3c(-c3ccc4ccc5ccccc5c4c3)c2c1[2H]. The first-order chi connectivity index (χ1) is 25.7. The molecule has 0 unspecified atom stereocenters. The zero-order chi connectivity index (χ0) is 36.4. The van der Waals surface area contributed by atoms with Crippen LogP contribution in [-0.2, 0) is 0 Å². The van der Waals surface area contributed by atoms with Crippen molar-refractivity contribution in [2.24, 2.45) is 0 Å². The lowest BCUT2D eigenvalue weighted by Gasteiger charge is -2.18. The zero-order valence-electron chi connectivity index (χ0n) is 31.8. The minimum atomic E-state index is -0.436. The minimum absolute atomic E-state index is 0.171. The Labute approximate surface area is 270 Å². The van der Waals surface area contributed by atoms with Gasteiger partial charge in [-0.2, -0.15) is 0 Å². The van der Waals surface area contributed by atoms with Crippen molar-refractivity contribution in [1.82, 2.24) is 0 Å². The second-order valence-electron chi connectivity index (χ2n) is 11.4. The van der Waals surface area contributed by atoms with E-state index in [0.717, 1.165) is 37.7 Å². The van der Waals surface area contributed by atoms with Gasteiger partial charge in [0.1, 0.15) is 11.2 Å². The quantitative estimate of drug-likeness (QED) is 0.147. The Bertz CT molecular complexity index is 3190. The monoisotopic (exact) mass is 578 g/mol. The first kappa shape index (κ1) is 18.0. The number of fused-ring (bicyclic) bond motifs is 10. The van der Waals surface area contributed by atoms with Crippen LogP contribution in [0.5, 0.6) is 0 Å². The van der Waals surface area contributed by atoms with Crippen molar-refractivity contribution in [3.8, 4) is 22.3 Å². The van der Waals surface area contributed by atoms with Crippen molar-refractivity contribution in [2.45, 2.75) is 0 Å². The summed E-state index contributed by atoms with van der Waals surface area (Å²) in [6, 6.07) is 32.3. The maximum atomic E-state index is 9.45. The number of hydrogen-bond acceptors (Lipinski definition) is 1. The van der Waals surface area contributed by atoms with Crippen LogP contribution in [0.4, 0.5) is 0 Å². The van der Waals surface area contributed by atoms with E-state index in [1.165, 1.54) is 0 Å². The highest BCUT2D eigenvalue weighted by Gasteiger charge is 2.21. The van der Waals surface area contributed by atoms with Crippen molar-refractivity contribution in [3.63, 3.8) is 0 Å². The van der Waals surface area contributed by atoms with E-state index in [4.69, 9.17) is 9.90 Å². The lowest BCUT2D eigenvalue weighted by molar-refractivity contribution is 0.673. The van der Waals surface area contributed by atoms with Gasteiger partial charge in [0.15, 0.2) is 0 Å². The zero-order valence-corrected chi connectivity index (χ0v) is 23.8. The fraction of sp³-hybridized carbons (Fsp3) is 0. The Morgan fingerprint density at radius 2 is 1.00 bits per heavy atom. The Hall–Kier alpha value is -5.92. The fourth-order valence-electron chi connectivity index (χ4n) is 7.10. The highest BCUT2D eigenvalue weighted by molar-refractivity contribution is 6.27. The summed E-state index contributed by atoms with van der Waals surface area (Å²) in [7, 11) is 0. The lowest BCUT2D eigenvalue weighted by atomic mass is 9.84. The molecule has 0 aliphatic carbocycles. The molecule has 1 aromatic heterocycles. The Morgan fingerprint density at radius 1 is 0.422 bits per heavy atom. The molecule has 0 aliphatic heterocycles. The normalized spacial score (nSPS) is 14.5. The largest absolute Gasteiger partial charge is 0.455 e. The average molecular weight is 579 g/mol. The standard InChI is InChI=1S/C44H26O/c1-3-12-31-27(10-1)20-21-29-22-23-30(26-39(29)31)41-33-14-5-7-16-35(33)42(36-17-8-6-15-34(36)41)37-18-9-19-40-43(37)38-25-24-28-11-2-4-13-32(28)44(38)45-40/h1-26H/i5D,6D,7D,8D,14D,15D,16D,17D. The van der Waals surface area contributed by atoms with E-state index in [0.29, 0.717) is 38.8 Å². The van der Waals surface area contributed by atoms with Crippen LogP contribution in [-0.4, -0.2) is 0 Å². The highest BCUT2D eigenvalue weighted by atomic mass is 16.3. The molecule has 0 N–H and O–H groups in total. The third-order valence-corrected chi connectivity index (χ3v) is 9.07. The molecule has 0 saturated carbocycles. The maximum absolute atomic E-state index is 9.45. The van der Waals surface area contributed by atoms with Gasteiger partial charge in [-0.15, -0.1) is 0 Å². The second kappa shape index (κ2) is 9.29. The van der Waals surface area contributed by atoms with Gasteiger partial charge in [0, 0.05) is 16.2 Å². The van der Waals surface area contributed by atoms with E-state index in [-0.39, 0.29) is 45.7 Å². The average Bonchev–Trinajstić information content (AvgIpc) is 3.59. The molecule has 10 rings (SSSR count). The summed E-state index contributed by atoms with van der Waals surface area (Å²) in [6.45, 7) is 0. The Kier molecular flexibility index (Phi) is 3.72. The molecule has 0 aliphatic rings. The van der Waals surface area contributed by atoms with Crippen LogP contribution in [0.15, 0.2) is 162 Å². The molecule has 0 fully saturated rings.